The Kier molecular flexibility index (Phi) is 8.80. The number of methoxy groups -OCH3 is 1. The number of nitrogens with zero attached hydrogens (tertiary/aromatic N) is 1. The molecule has 1 aliphatic carbocycles. The van der Waals surface area contributed by atoms with Gasteiger partial charge in [0.1, 0.15) is 12.4 Å². The third-order valence-corrected chi connectivity index (χ3v) is 7.68. The fourth-order valence-electron chi connectivity index (χ4n) is 5.12. The molecule has 1 saturated heterocycles. The van der Waals surface area contributed by atoms with Crippen LogP contribution in [0.4, 0.5) is 5.69 Å². The Labute approximate surface area is 242 Å². The van der Waals surface area contributed by atoms with Crippen LogP contribution in [0.2, 0.25) is 0 Å². The zero-order valence-corrected chi connectivity index (χ0v) is 24.5. The van der Waals surface area contributed by atoms with Crippen LogP contribution < -0.4 is 20.1 Å². The largest absolute Gasteiger partial charge is 0.494 e. The van der Waals surface area contributed by atoms with Crippen molar-refractivity contribution >= 4 is 28.3 Å². The van der Waals surface area contributed by atoms with Crippen molar-refractivity contribution in [3.8, 4) is 11.5 Å². The average molecular weight is 560 g/mol. The van der Waals surface area contributed by atoms with Crippen LogP contribution in [0.15, 0.2) is 48.5 Å². The molecule has 3 aromatic rings. The predicted molar refractivity (Wildman–Crippen MR) is 161 cm³/mol. The molecule has 0 atom stereocenters. The molecule has 3 aromatic carbocycles. The number of benzene rings is 3. The topological polar surface area (TPSA) is 89.1 Å². The minimum atomic E-state index is -0.228. The van der Waals surface area contributed by atoms with E-state index in [1.165, 1.54) is 7.11 Å². The second-order valence-electron chi connectivity index (χ2n) is 11.9. The number of rotatable bonds is 10. The highest BCUT2D eigenvalue weighted by atomic mass is 16.5. The van der Waals surface area contributed by atoms with E-state index in [1.54, 1.807) is 0 Å². The van der Waals surface area contributed by atoms with E-state index in [0.29, 0.717) is 23.6 Å². The lowest BCUT2D eigenvalue weighted by atomic mass is 9.85. The highest BCUT2D eigenvalue weighted by molar-refractivity contribution is 6.03. The van der Waals surface area contributed by atoms with E-state index in [9.17, 15) is 9.59 Å². The zero-order chi connectivity index (χ0) is 29.0. The van der Waals surface area contributed by atoms with Gasteiger partial charge in [-0.15, -0.1) is 0 Å². The van der Waals surface area contributed by atoms with Crippen LogP contribution in [0, 0.1) is 0 Å². The molecule has 8 heteroatoms. The second kappa shape index (κ2) is 12.5. The van der Waals surface area contributed by atoms with Crippen molar-refractivity contribution in [2.45, 2.75) is 51.5 Å². The van der Waals surface area contributed by atoms with Crippen molar-refractivity contribution in [1.29, 1.82) is 0 Å². The van der Waals surface area contributed by atoms with E-state index < -0.39 is 0 Å². The van der Waals surface area contributed by atoms with E-state index in [1.807, 2.05) is 48.5 Å². The van der Waals surface area contributed by atoms with Crippen molar-refractivity contribution in [3.63, 3.8) is 0 Å². The fourth-order valence-corrected chi connectivity index (χ4v) is 5.12. The summed E-state index contributed by atoms with van der Waals surface area (Å²) in [7, 11) is 1.53. The van der Waals surface area contributed by atoms with Gasteiger partial charge in [0.2, 0.25) is 5.91 Å². The summed E-state index contributed by atoms with van der Waals surface area (Å²) in [5, 5.41) is 8.05. The van der Waals surface area contributed by atoms with E-state index in [4.69, 9.17) is 14.2 Å². The van der Waals surface area contributed by atoms with Gasteiger partial charge in [-0.1, -0.05) is 51.1 Å². The fraction of sp³-hybridized carbons (Fsp3) is 0.455. The van der Waals surface area contributed by atoms with Gasteiger partial charge < -0.3 is 24.8 Å². The molecule has 1 aliphatic heterocycles. The molecule has 5 rings (SSSR count). The number of amides is 2. The summed E-state index contributed by atoms with van der Waals surface area (Å²) in [6, 6.07) is 15.9. The maximum Gasteiger partial charge on any atom is 0.255 e. The molecule has 2 N–H and O–H groups in total. The first-order chi connectivity index (χ1) is 19.7. The maximum atomic E-state index is 13.4. The number of morpholine rings is 1. The summed E-state index contributed by atoms with van der Waals surface area (Å²) >= 11 is 0. The van der Waals surface area contributed by atoms with Gasteiger partial charge in [0.15, 0.2) is 5.75 Å². The molecule has 0 radical (unpaired) electrons. The first-order valence-electron chi connectivity index (χ1n) is 14.5. The molecule has 41 heavy (non-hydrogen) atoms. The Hall–Kier alpha value is -3.62. The number of carbonyl (C=O) groups is 2. The van der Waals surface area contributed by atoms with Crippen LogP contribution in [-0.4, -0.2) is 69.3 Å². The molecule has 1 saturated carbocycles. The summed E-state index contributed by atoms with van der Waals surface area (Å²) in [6.45, 7) is 11.1. The van der Waals surface area contributed by atoms with Gasteiger partial charge in [-0.05, 0) is 53.0 Å². The van der Waals surface area contributed by atoms with Crippen molar-refractivity contribution in [2.75, 3.05) is 51.9 Å². The van der Waals surface area contributed by atoms with Gasteiger partial charge in [0.05, 0.1) is 38.0 Å². The van der Waals surface area contributed by atoms with Crippen molar-refractivity contribution in [3.05, 3.63) is 65.2 Å². The molecule has 0 unspecified atom stereocenters. The maximum absolute atomic E-state index is 13.4. The Morgan fingerprint density at radius 2 is 1.76 bits per heavy atom. The molecule has 2 fully saturated rings. The van der Waals surface area contributed by atoms with Crippen LogP contribution in [0.3, 0.4) is 0 Å². The number of hydrogen-bond acceptors (Lipinski definition) is 6. The average Bonchev–Trinajstić information content (AvgIpc) is 3.77. The molecule has 0 spiro atoms. The smallest absolute Gasteiger partial charge is 0.255 e. The summed E-state index contributed by atoms with van der Waals surface area (Å²) in [5.74, 6) is 0.817. The minimum absolute atomic E-state index is 0.168. The van der Waals surface area contributed by atoms with E-state index in [0.717, 1.165) is 73.3 Å². The number of hydrogen-bond donors (Lipinski definition) is 2. The number of carbonyl (C=O) groups excluding carboxylic acids is 2. The van der Waals surface area contributed by atoms with Gasteiger partial charge in [0.25, 0.3) is 5.91 Å². The van der Waals surface area contributed by atoms with E-state index >= 15 is 0 Å². The third kappa shape index (κ3) is 7.18. The Morgan fingerprint density at radius 3 is 2.44 bits per heavy atom. The number of ether oxygens (including phenoxy) is 3. The predicted octanol–water partition coefficient (Wildman–Crippen LogP) is 4.93. The zero-order valence-electron chi connectivity index (χ0n) is 24.5. The van der Waals surface area contributed by atoms with Crippen molar-refractivity contribution in [1.82, 2.24) is 10.2 Å². The van der Waals surface area contributed by atoms with Gasteiger partial charge >= 0.3 is 0 Å². The highest BCUT2D eigenvalue weighted by Gasteiger charge is 2.28. The van der Waals surface area contributed by atoms with Crippen LogP contribution in [-0.2, 0) is 21.4 Å². The van der Waals surface area contributed by atoms with Crippen LogP contribution in [0.5, 0.6) is 11.5 Å². The molecule has 0 aromatic heterocycles. The Morgan fingerprint density at radius 1 is 1.02 bits per heavy atom. The first kappa shape index (κ1) is 28.9. The Bertz CT molecular complexity index is 1400. The minimum Gasteiger partial charge on any atom is -0.494 e. The van der Waals surface area contributed by atoms with Crippen LogP contribution >= 0.6 is 0 Å². The molecular weight excluding hydrogens is 518 g/mol. The number of nitrogens with one attached hydrogen (secondary N) is 2. The lowest BCUT2D eigenvalue weighted by molar-refractivity contribution is -0.115. The SMILES string of the molecule is COc1c(NC(=O)Cc2ccc(OCCN3CCOCC3)c3ccccc23)cc(C(C)(C)C)cc1C(=O)NC1CC1. The molecular formula is C33H41N3O5. The normalized spacial score (nSPS) is 15.9. The third-order valence-electron chi connectivity index (χ3n) is 7.68. The Balaban J connectivity index is 1.35. The van der Waals surface area contributed by atoms with E-state index in [-0.39, 0.29) is 29.7 Å². The van der Waals surface area contributed by atoms with Gasteiger partial charge in [0, 0.05) is 31.1 Å². The van der Waals surface area contributed by atoms with Crippen LogP contribution in [0.25, 0.3) is 10.8 Å². The van der Waals surface area contributed by atoms with Crippen LogP contribution in [0.1, 0.15) is 55.1 Å². The highest BCUT2D eigenvalue weighted by Crippen LogP contribution is 2.36. The quantitative estimate of drug-likeness (QED) is 0.366. The molecule has 8 nitrogen and oxygen atoms in total. The van der Waals surface area contributed by atoms with E-state index in [2.05, 4.69) is 36.3 Å². The first-order valence-corrected chi connectivity index (χ1v) is 14.5. The number of anilines is 1. The lowest BCUT2D eigenvalue weighted by Gasteiger charge is -2.26. The van der Waals surface area contributed by atoms with Gasteiger partial charge in [-0.3, -0.25) is 14.5 Å². The summed E-state index contributed by atoms with van der Waals surface area (Å²) in [4.78, 5) is 28.9. The molecule has 1 heterocycles. The van der Waals surface area contributed by atoms with Crippen molar-refractivity contribution in [2.24, 2.45) is 0 Å². The summed E-state index contributed by atoms with van der Waals surface area (Å²) in [5.41, 5.74) is 2.55. The summed E-state index contributed by atoms with van der Waals surface area (Å²) < 4.78 is 17.3. The molecule has 218 valence electrons. The van der Waals surface area contributed by atoms with Crippen molar-refractivity contribution < 1.29 is 23.8 Å². The van der Waals surface area contributed by atoms with Gasteiger partial charge in [-0.25, -0.2) is 0 Å². The molecule has 2 amide bonds. The lowest BCUT2D eigenvalue weighted by Crippen LogP contribution is -2.38. The standard InChI is InChI=1S/C33H41N3O5/c1-33(2,3)23-20-27(32(38)34-24-10-11-24)31(39-4)28(21-23)35-30(37)19-22-9-12-29(26-8-6-5-7-25(22)26)41-18-15-36-13-16-40-17-14-36/h5-9,12,20-21,24H,10-11,13-19H2,1-4H3,(H,34,38)(H,35,37). The monoisotopic (exact) mass is 559 g/mol. The molecule has 2 aliphatic rings. The summed E-state index contributed by atoms with van der Waals surface area (Å²) in [6.07, 6.45) is 2.14. The number of fused-ring (bicyclic) bond motifs is 1. The second-order valence-corrected chi connectivity index (χ2v) is 11.9. The molecule has 0 bridgehead atoms. The van der Waals surface area contributed by atoms with Gasteiger partial charge in [-0.2, -0.15) is 0 Å².